The highest BCUT2D eigenvalue weighted by atomic mass is 32.1. The van der Waals surface area contributed by atoms with Crippen LogP contribution in [0.4, 0.5) is 5.13 Å². The predicted molar refractivity (Wildman–Crippen MR) is 144 cm³/mol. The topological polar surface area (TPSA) is 113 Å². The van der Waals surface area contributed by atoms with Crippen LogP contribution in [0.5, 0.6) is 11.5 Å². The van der Waals surface area contributed by atoms with Crippen molar-refractivity contribution < 1.29 is 28.2 Å². The minimum atomic E-state index is -1.08. The van der Waals surface area contributed by atoms with Gasteiger partial charge in [0.2, 0.25) is 5.89 Å². The zero-order valence-electron chi connectivity index (χ0n) is 20.8. The maximum absolute atomic E-state index is 13.0. The van der Waals surface area contributed by atoms with Crippen molar-refractivity contribution in [3.05, 3.63) is 77.7 Å². The second-order valence-corrected chi connectivity index (χ2v) is 9.03. The van der Waals surface area contributed by atoms with Gasteiger partial charge in [-0.05, 0) is 49.4 Å². The first kappa shape index (κ1) is 25.0. The number of thiazole rings is 1. The number of nitrogens with one attached hydrogen (secondary N) is 1. The average Bonchev–Trinajstić information content (AvgIpc) is 3.59. The van der Waals surface area contributed by atoms with Crippen LogP contribution in [0.3, 0.4) is 0 Å². The quantitative estimate of drug-likeness (QED) is 0.250. The summed E-state index contributed by atoms with van der Waals surface area (Å²) in [6.45, 7) is 1.50. The molecule has 0 saturated heterocycles. The van der Waals surface area contributed by atoms with Crippen molar-refractivity contribution in [3.8, 4) is 34.2 Å². The van der Waals surface area contributed by atoms with Gasteiger partial charge in [0.25, 0.3) is 5.91 Å². The molecular formula is C28H23N3O6S. The molecule has 1 amide bonds. The molecule has 10 heteroatoms. The number of anilines is 1. The number of benzene rings is 3. The van der Waals surface area contributed by atoms with Crippen molar-refractivity contribution in [2.45, 2.75) is 13.0 Å². The van der Waals surface area contributed by atoms with Crippen LogP contribution >= 0.6 is 11.3 Å². The monoisotopic (exact) mass is 529 g/mol. The molecule has 1 atom stereocenters. The predicted octanol–water partition coefficient (Wildman–Crippen LogP) is 5.82. The van der Waals surface area contributed by atoms with E-state index in [0.29, 0.717) is 44.9 Å². The van der Waals surface area contributed by atoms with Gasteiger partial charge < -0.3 is 18.6 Å². The number of para-hydroxylation sites is 2. The third-order valence-corrected chi connectivity index (χ3v) is 6.50. The number of hydrogen-bond donors (Lipinski definition) is 1. The van der Waals surface area contributed by atoms with E-state index >= 15 is 0 Å². The summed E-state index contributed by atoms with van der Waals surface area (Å²) in [7, 11) is 3.12. The molecule has 0 radical (unpaired) electrons. The highest BCUT2D eigenvalue weighted by Gasteiger charge is 2.24. The summed E-state index contributed by atoms with van der Waals surface area (Å²) in [5.74, 6) is 0.290. The summed E-state index contributed by atoms with van der Waals surface area (Å²) >= 11 is 1.25. The van der Waals surface area contributed by atoms with Gasteiger partial charge in [0.05, 0.1) is 31.0 Å². The fourth-order valence-corrected chi connectivity index (χ4v) is 4.50. The maximum Gasteiger partial charge on any atom is 0.339 e. The van der Waals surface area contributed by atoms with Crippen LogP contribution in [0.1, 0.15) is 17.3 Å². The third-order valence-electron chi connectivity index (χ3n) is 5.74. The molecule has 0 saturated carbocycles. The van der Waals surface area contributed by atoms with E-state index < -0.39 is 18.0 Å². The van der Waals surface area contributed by atoms with Crippen LogP contribution in [0.25, 0.3) is 33.8 Å². The normalized spacial score (nSPS) is 11.7. The molecule has 38 heavy (non-hydrogen) atoms. The van der Waals surface area contributed by atoms with E-state index in [4.69, 9.17) is 18.6 Å². The molecule has 0 fully saturated rings. The van der Waals surface area contributed by atoms with E-state index in [2.05, 4.69) is 15.3 Å². The summed E-state index contributed by atoms with van der Waals surface area (Å²) in [6.07, 6.45) is -1.08. The van der Waals surface area contributed by atoms with Gasteiger partial charge in [-0.15, -0.1) is 11.3 Å². The van der Waals surface area contributed by atoms with Crippen molar-refractivity contribution in [2.24, 2.45) is 0 Å². The molecule has 0 aliphatic heterocycles. The number of aromatic nitrogens is 2. The van der Waals surface area contributed by atoms with E-state index in [9.17, 15) is 9.59 Å². The molecular weight excluding hydrogens is 506 g/mol. The number of methoxy groups -OCH3 is 2. The fourth-order valence-electron chi connectivity index (χ4n) is 3.78. The third kappa shape index (κ3) is 5.07. The summed E-state index contributed by atoms with van der Waals surface area (Å²) in [5.41, 5.74) is 3.45. The van der Waals surface area contributed by atoms with E-state index in [1.807, 2.05) is 29.6 Å². The lowest BCUT2D eigenvalue weighted by Gasteiger charge is -2.13. The molecule has 1 unspecified atom stereocenters. The smallest absolute Gasteiger partial charge is 0.339 e. The standard InChI is InChI=1S/C28H23N3O6S/c1-16(25(32)31-28-30-21(15-38-28)17-12-13-23(34-2)24(14-17)35-3)36-27(33)19-9-5-4-8-18(19)26-29-20-10-6-7-11-22(20)37-26/h4-16H,1-3H3,(H,30,31,32). The Kier molecular flexibility index (Phi) is 7.05. The number of amides is 1. The highest BCUT2D eigenvalue weighted by molar-refractivity contribution is 7.14. The van der Waals surface area contributed by atoms with Crippen molar-refractivity contribution in [1.29, 1.82) is 0 Å². The summed E-state index contributed by atoms with van der Waals surface area (Å²) < 4.78 is 21.9. The van der Waals surface area contributed by atoms with Crippen LogP contribution in [0.15, 0.2) is 76.5 Å². The number of hydrogen-bond acceptors (Lipinski definition) is 9. The molecule has 0 spiro atoms. The van der Waals surface area contributed by atoms with Crippen molar-refractivity contribution in [1.82, 2.24) is 9.97 Å². The van der Waals surface area contributed by atoms with E-state index in [1.54, 1.807) is 56.7 Å². The van der Waals surface area contributed by atoms with Gasteiger partial charge in [-0.25, -0.2) is 14.8 Å². The van der Waals surface area contributed by atoms with Crippen LogP contribution in [0.2, 0.25) is 0 Å². The number of carbonyl (C=O) groups excluding carboxylic acids is 2. The number of carbonyl (C=O) groups is 2. The lowest BCUT2D eigenvalue weighted by Crippen LogP contribution is -2.30. The van der Waals surface area contributed by atoms with E-state index in [-0.39, 0.29) is 5.56 Å². The minimum Gasteiger partial charge on any atom is -0.493 e. The summed E-state index contributed by atoms with van der Waals surface area (Å²) in [4.78, 5) is 34.8. The molecule has 9 nitrogen and oxygen atoms in total. The molecule has 0 aliphatic rings. The molecule has 3 aromatic carbocycles. The Bertz CT molecular complexity index is 1590. The lowest BCUT2D eigenvalue weighted by atomic mass is 10.1. The SMILES string of the molecule is COc1ccc(-c2csc(NC(=O)C(C)OC(=O)c3ccccc3-c3nc4ccccc4o3)n2)cc1OC. The zero-order valence-corrected chi connectivity index (χ0v) is 21.6. The van der Waals surface area contributed by atoms with Crippen LogP contribution in [-0.4, -0.2) is 42.2 Å². The number of esters is 1. The van der Waals surface area contributed by atoms with Gasteiger partial charge >= 0.3 is 5.97 Å². The first-order chi connectivity index (χ1) is 18.5. The Morgan fingerprint density at radius 2 is 1.71 bits per heavy atom. The number of oxazole rings is 1. The molecule has 192 valence electrons. The van der Waals surface area contributed by atoms with Crippen LogP contribution in [0, 0.1) is 0 Å². The van der Waals surface area contributed by atoms with Gasteiger partial charge in [0, 0.05) is 10.9 Å². The fraction of sp³-hybridized carbons (Fsp3) is 0.143. The Labute approximate surface area is 222 Å². The molecule has 0 bridgehead atoms. The molecule has 1 N–H and O–H groups in total. The second kappa shape index (κ2) is 10.7. The number of rotatable bonds is 8. The van der Waals surface area contributed by atoms with Gasteiger partial charge in [0.1, 0.15) is 5.52 Å². The molecule has 5 aromatic rings. The molecule has 0 aliphatic carbocycles. The average molecular weight is 530 g/mol. The first-order valence-corrected chi connectivity index (χ1v) is 12.5. The van der Waals surface area contributed by atoms with Gasteiger partial charge in [-0.3, -0.25) is 10.1 Å². The van der Waals surface area contributed by atoms with Crippen molar-refractivity contribution in [3.63, 3.8) is 0 Å². The maximum atomic E-state index is 13.0. The van der Waals surface area contributed by atoms with Gasteiger partial charge in [-0.1, -0.05) is 24.3 Å². The largest absolute Gasteiger partial charge is 0.493 e. The number of fused-ring (bicyclic) bond motifs is 1. The molecule has 2 heterocycles. The highest BCUT2D eigenvalue weighted by Crippen LogP contribution is 2.33. The minimum absolute atomic E-state index is 0.240. The van der Waals surface area contributed by atoms with Crippen molar-refractivity contribution in [2.75, 3.05) is 19.5 Å². The summed E-state index contributed by atoms with van der Waals surface area (Å²) in [5, 5.41) is 4.89. The van der Waals surface area contributed by atoms with Crippen LogP contribution < -0.4 is 14.8 Å². The molecule has 2 aromatic heterocycles. The Morgan fingerprint density at radius 1 is 0.947 bits per heavy atom. The number of ether oxygens (including phenoxy) is 3. The van der Waals surface area contributed by atoms with E-state index in [1.165, 1.54) is 18.3 Å². The van der Waals surface area contributed by atoms with E-state index in [0.717, 1.165) is 5.56 Å². The van der Waals surface area contributed by atoms with Crippen molar-refractivity contribution >= 4 is 39.4 Å². The lowest BCUT2D eigenvalue weighted by molar-refractivity contribution is -0.123. The van der Waals surface area contributed by atoms with Crippen LogP contribution in [-0.2, 0) is 9.53 Å². The Hall–Kier alpha value is -4.70. The Balaban J connectivity index is 1.27. The summed E-state index contributed by atoms with van der Waals surface area (Å²) in [6, 6.07) is 19.6. The zero-order chi connectivity index (χ0) is 26.6. The van der Waals surface area contributed by atoms with Gasteiger partial charge in [-0.2, -0.15) is 0 Å². The molecule has 5 rings (SSSR count). The first-order valence-electron chi connectivity index (χ1n) is 11.6. The number of nitrogens with zero attached hydrogens (tertiary/aromatic N) is 2. The Morgan fingerprint density at radius 3 is 2.50 bits per heavy atom. The second-order valence-electron chi connectivity index (χ2n) is 8.18. The van der Waals surface area contributed by atoms with Gasteiger partial charge in [0.15, 0.2) is 28.3 Å².